The van der Waals surface area contributed by atoms with E-state index < -0.39 is 7.77 Å². The Morgan fingerprint density at radius 1 is 2.00 bits per heavy atom. The molecule has 0 aromatic heterocycles. The molecule has 0 N–H and O–H groups in total. The van der Waals surface area contributed by atoms with E-state index in [1.54, 1.807) is 0 Å². The lowest BCUT2D eigenvalue weighted by atomic mass is 11.0. The molecule has 1 aliphatic carbocycles. The van der Waals surface area contributed by atoms with Crippen molar-refractivity contribution in [3.63, 3.8) is 0 Å². The second-order valence-corrected chi connectivity index (χ2v) is 3.39. The first-order chi connectivity index (χ1) is 2.39. The zero-order valence-electron chi connectivity index (χ0n) is 2.64. The third kappa shape index (κ3) is 0.127. The van der Waals surface area contributed by atoms with E-state index in [2.05, 4.69) is 0 Å². The minimum absolute atomic E-state index is 0.644. The summed E-state index contributed by atoms with van der Waals surface area (Å²) in [6.07, 6.45) is 1.20. The zero-order valence-corrected chi connectivity index (χ0v) is 3.53. The molecule has 1 saturated carbocycles. The first-order valence-corrected chi connectivity index (χ1v) is 3.04. The van der Waals surface area contributed by atoms with Gasteiger partial charge in [-0.3, -0.25) is 0 Å². The SMILES string of the molecule is [O-][P+]1=C2CC21. The molecule has 1 aliphatic heterocycles. The maximum Gasteiger partial charge on any atom is 0.179 e. The summed E-state index contributed by atoms with van der Waals surface area (Å²) in [5, 5.41) is 1.35. The van der Waals surface area contributed by atoms with Gasteiger partial charge < -0.3 is 4.89 Å². The van der Waals surface area contributed by atoms with Crippen LogP contribution in [0.25, 0.3) is 0 Å². The predicted molar refractivity (Wildman–Crippen MR) is 20.3 cm³/mol. The van der Waals surface area contributed by atoms with Gasteiger partial charge in [0, 0.05) is 0 Å². The summed E-state index contributed by atoms with van der Waals surface area (Å²) in [4.78, 5) is 10.0. The van der Waals surface area contributed by atoms with Gasteiger partial charge in [-0.25, -0.2) is 0 Å². The van der Waals surface area contributed by atoms with Crippen molar-refractivity contribution in [3.05, 3.63) is 0 Å². The Kier molecular flexibility index (Phi) is 0.184. The van der Waals surface area contributed by atoms with Gasteiger partial charge in [-0.15, -0.1) is 0 Å². The molecule has 5 heavy (non-hydrogen) atoms. The van der Waals surface area contributed by atoms with Crippen LogP contribution in [0.5, 0.6) is 0 Å². The standard InChI is InChI=1S/C3H3OP/c4-5-2-1-3(2)5/h2H,1H2. The highest BCUT2D eigenvalue weighted by molar-refractivity contribution is 7.68. The van der Waals surface area contributed by atoms with Crippen LogP contribution in [0, 0.1) is 0 Å². The highest BCUT2D eigenvalue weighted by Gasteiger charge is 2.61. The summed E-state index contributed by atoms with van der Waals surface area (Å²) < 4.78 is 0. The molecule has 2 aliphatic rings. The van der Waals surface area contributed by atoms with Crippen molar-refractivity contribution in [1.82, 2.24) is 0 Å². The quantitative estimate of drug-likeness (QED) is 0.371. The first-order valence-electron chi connectivity index (χ1n) is 1.71. The Morgan fingerprint density at radius 3 is 2.40 bits per heavy atom. The van der Waals surface area contributed by atoms with Crippen molar-refractivity contribution in [2.45, 2.75) is 12.1 Å². The van der Waals surface area contributed by atoms with Crippen molar-refractivity contribution < 1.29 is 4.89 Å². The van der Waals surface area contributed by atoms with Gasteiger partial charge in [-0.1, -0.05) is 0 Å². The number of rotatable bonds is 0. The second-order valence-electron chi connectivity index (χ2n) is 1.54. The molecule has 0 bridgehead atoms. The van der Waals surface area contributed by atoms with Crippen LogP contribution in [0.3, 0.4) is 0 Å². The first kappa shape index (κ1) is 2.33. The van der Waals surface area contributed by atoms with Crippen LogP contribution in [0.2, 0.25) is 0 Å². The highest BCUT2D eigenvalue weighted by Crippen LogP contribution is 2.59. The molecule has 26 valence electrons. The molecule has 1 heterocycles. The van der Waals surface area contributed by atoms with E-state index in [9.17, 15) is 4.89 Å². The Balaban J connectivity index is 2.55. The van der Waals surface area contributed by atoms with Crippen LogP contribution in [0.4, 0.5) is 0 Å². The third-order valence-electron chi connectivity index (χ3n) is 1.13. The smallest absolute Gasteiger partial charge is 0.179 e. The average molecular weight is 86.0 g/mol. The number of hydrogen-bond acceptors (Lipinski definition) is 1. The average Bonchev–Trinajstić information content (AvgIpc) is 2.11. The van der Waals surface area contributed by atoms with Crippen molar-refractivity contribution in [3.8, 4) is 0 Å². The summed E-state index contributed by atoms with van der Waals surface area (Å²) in [6, 6.07) is 0. The molecule has 0 aromatic rings. The minimum Gasteiger partial charge on any atom is -0.630 e. The van der Waals surface area contributed by atoms with Gasteiger partial charge in [0.2, 0.25) is 0 Å². The largest absolute Gasteiger partial charge is 0.630 e. The van der Waals surface area contributed by atoms with Crippen LogP contribution < -0.4 is 4.89 Å². The van der Waals surface area contributed by atoms with E-state index in [-0.39, 0.29) is 0 Å². The predicted octanol–water partition coefficient (Wildman–Crippen LogP) is -0.298. The maximum absolute atomic E-state index is 10.0. The molecule has 0 radical (unpaired) electrons. The molecular weight excluding hydrogens is 83.0 g/mol. The van der Waals surface area contributed by atoms with Crippen molar-refractivity contribution >= 4 is 13.1 Å². The van der Waals surface area contributed by atoms with Gasteiger partial charge in [0.15, 0.2) is 5.66 Å². The molecule has 0 aromatic carbocycles. The zero-order chi connectivity index (χ0) is 3.44. The van der Waals surface area contributed by atoms with Gasteiger partial charge in [-0.05, 0) is 0 Å². The summed E-state index contributed by atoms with van der Waals surface area (Å²) >= 11 is 0. The van der Waals surface area contributed by atoms with Crippen molar-refractivity contribution in [2.24, 2.45) is 0 Å². The molecule has 1 nitrogen and oxygen atoms in total. The molecule has 0 amide bonds. The normalized spacial score (nSPS) is 48.6. The fourth-order valence-electron chi connectivity index (χ4n) is 0.461. The van der Waals surface area contributed by atoms with Gasteiger partial charge in [0.1, 0.15) is 5.29 Å². The summed E-state index contributed by atoms with van der Waals surface area (Å²) in [7, 11) is -0.668. The number of fused-ring (bicyclic) bond motifs is 1. The van der Waals surface area contributed by atoms with E-state index in [0.717, 1.165) is 0 Å². The van der Waals surface area contributed by atoms with Gasteiger partial charge in [0.25, 0.3) is 0 Å². The lowest BCUT2D eigenvalue weighted by molar-refractivity contribution is -0.151. The van der Waals surface area contributed by atoms with Gasteiger partial charge >= 0.3 is 0 Å². The van der Waals surface area contributed by atoms with Crippen LogP contribution in [0.15, 0.2) is 0 Å². The highest BCUT2D eigenvalue weighted by atomic mass is 31.1. The van der Waals surface area contributed by atoms with E-state index in [0.29, 0.717) is 5.66 Å². The molecule has 2 unspecified atom stereocenters. The molecule has 2 heteroatoms. The molecule has 0 saturated heterocycles. The Bertz CT molecular complexity index is 110. The summed E-state index contributed by atoms with van der Waals surface area (Å²) in [5.41, 5.74) is 0.644. The second kappa shape index (κ2) is 0.394. The van der Waals surface area contributed by atoms with Crippen LogP contribution in [-0.2, 0) is 0 Å². The van der Waals surface area contributed by atoms with E-state index in [4.69, 9.17) is 0 Å². The fourth-order valence-corrected chi connectivity index (χ4v) is 1.52. The van der Waals surface area contributed by atoms with Gasteiger partial charge in [-0.2, -0.15) is 0 Å². The monoisotopic (exact) mass is 86.0 g/mol. The molecule has 2 rings (SSSR count). The summed E-state index contributed by atoms with van der Waals surface area (Å²) in [5.74, 6) is 0. The lowest BCUT2D eigenvalue weighted by Gasteiger charge is -1.72. The van der Waals surface area contributed by atoms with Crippen LogP contribution in [0.1, 0.15) is 6.42 Å². The third-order valence-corrected chi connectivity index (χ3v) is 2.97. The Morgan fingerprint density at radius 2 is 2.40 bits per heavy atom. The topological polar surface area (TPSA) is 23.1 Å². The maximum atomic E-state index is 10.0. The van der Waals surface area contributed by atoms with Crippen LogP contribution in [-0.4, -0.2) is 11.0 Å². The molecular formula is C3H3OP. The fraction of sp³-hybridized carbons (Fsp3) is 0.667. The minimum atomic E-state index is -0.668. The Hall–Kier alpha value is 0.130. The van der Waals surface area contributed by atoms with E-state index >= 15 is 0 Å². The van der Waals surface area contributed by atoms with E-state index in [1.807, 2.05) is 0 Å². The Labute approximate surface area is 31.1 Å². The van der Waals surface area contributed by atoms with Gasteiger partial charge in [0.05, 0.1) is 14.2 Å². The molecule has 2 atom stereocenters. The molecule has 1 fully saturated rings. The van der Waals surface area contributed by atoms with E-state index in [1.165, 1.54) is 11.7 Å². The van der Waals surface area contributed by atoms with Crippen molar-refractivity contribution in [1.29, 1.82) is 0 Å². The molecule has 0 spiro atoms. The van der Waals surface area contributed by atoms with Crippen LogP contribution >= 0.6 is 7.77 Å². The lowest BCUT2D eigenvalue weighted by Crippen LogP contribution is -1.80. The van der Waals surface area contributed by atoms with Crippen molar-refractivity contribution in [2.75, 3.05) is 0 Å². The number of hydrogen-bond donors (Lipinski definition) is 0. The summed E-state index contributed by atoms with van der Waals surface area (Å²) in [6.45, 7) is 0.